The molecule has 0 radical (unpaired) electrons. The summed E-state index contributed by atoms with van der Waals surface area (Å²) < 4.78 is 57.1. The Bertz CT molecular complexity index is 1890. The second-order valence-electron chi connectivity index (χ2n) is 9.58. The van der Waals surface area contributed by atoms with Gasteiger partial charge in [0.1, 0.15) is 0 Å². The van der Waals surface area contributed by atoms with Crippen molar-refractivity contribution in [3.8, 4) is 0 Å². The molecule has 0 atom stereocenters. The summed E-state index contributed by atoms with van der Waals surface area (Å²) in [5.74, 6) is -0.941. The van der Waals surface area contributed by atoms with Crippen molar-refractivity contribution in [2.45, 2.75) is 23.6 Å². The number of nitro groups is 2. The summed E-state index contributed by atoms with van der Waals surface area (Å²) >= 11 is 0. The molecule has 1 aliphatic rings. The van der Waals surface area contributed by atoms with Gasteiger partial charge >= 0.3 is 0 Å². The van der Waals surface area contributed by atoms with Crippen LogP contribution in [0.1, 0.15) is 22.3 Å². The van der Waals surface area contributed by atoms with E-state index in [0.717, 1.165) is 35.4 Å². The number of non-ortho nitro benzene ring substituents is 2. The summed E-state index contributed by atoms with van der Waals surface area (Å²) in [6.45, 7) is 3.53. The van der Waals surface area contributed by atoms with E-state index in [1.54, 1.807) is 38.1 Å². The lowest BCUT2D eigenvalue weighted by Crippen LogP contribution is -2.45. The molecule has 44 heavy (non-hydrogen) atoms. The molecular formula is C28H22N6O8S2. The Kier molecular flexibility index (Phi) is 7.71. The molecular weight excluding hydrogens is 612 g/mol. The summed E-state index contributed by atoms with van der Waals surface area (Å²) in [7, 11) is -9.11. The second-order valence-corrected chi connectivity index (χ2v) is 13.1. The highest BCUT2D eigenvalue weighted by molar-refractivity contribution is 7.90. The Morgan fingerprint density at radius 3 is 1.09 bits per heavy atom. The van der Waals surface area contributed by atoms with E-state index in [9.17, 15) is 37.1 Å². The first-order chi connectivity index (χ1) is 20.8. The molecule has 0 aliphatic carbocycles. The number of aryl methyl sites for hydroxylation is 2. The van der Waals surface area contributed by atoms with Crippen LogP contribution in [0.25, 0.3) is 0 Å². The third kappa shape index (κ3) is 5.62. The number of hydrogen-bond donors (Lipinski definition) is 0. The maximum Gasteiger partial charge on any atom is 0.285 e. The Labute approximate surface area is 251 Å². The van der Waals surface area contributed by atoms with E-state index in [1.807, 2.05) is 0 Å². The maximum absolute atomic E-state index is 14.0. The highest BCUT2D eigenvalue weighted by Gasteiger charge is 2.39. The van der Waals surface area contributed by atoms with Crippen molar-refractivity contribution in [2.75, 3.05) is 0 Å². The number of hydrogen-bond acceptors (Lipinski definition) is 10. The molecule has 5 rings (SSSR count). The number of benzene rings is 4. The molecule has 0 saturated carbocycles. The van der Waals surface area contributed by atoms with Gasteiger partial charge in [-0.2, -0.15) is 16.8 Å². The minimum absolute atomic E-state index is 0.00175. The molecule has 4 aromatic carbocycles. The molecule has 1 aliphatic heterocycles. The highest BCUT2D eigenvalue weighted by atomic mass is 32.2. The van der Waals surface area contributed by atoms with E-state index in [0.29, 0.717) is 8.83 Å². The fourth-order valence-electron chi connectivity index (χ4n) is 4.10. The maximum atomic E-state index is 14.0. The van der Waals surface area contributed by atoms with Gasteiger partial charge in [0.05, 0.1) is 19.6 Å². The Morgan fingerprint density at radius 1 is 0.523 bits per heavy atom. The van der Waals surface area contributed by atoms with Crippen molar-refractivity contribution in [3.05, 3.63) is 140 Å². The molecule has 0 aromatic heterocycles. The van der Waals surface area contributed by atoms with Crippen LogP contribution in [0.3, 0.4) is 0 Å². The Balaban J connectivity index is 1.78. The molecule has 0 fully saturated rings. The number of rotatable bonds is 8. The van der Waals surface area contributed by atoms with Gasteiger partial charge in [-0.1, -0.05) is 35.4 Å². The summed E-state index contributed by atoms with van der Waals surface area (Å²) in [6, 6.07) is 21.0. The van der Waals surface area contributed by atoms with Crippen LogP contribution >= 0.6 is 0 Å². The zero-order valence-corrected chi connectivity index (χ0v) is 24.6. The molecule has 4 aromatic rings. The van der Waals surface area contributed by atoms with Gasteiger partial charge < -0.3 is 0 Å². The average Bonchev–Trinajstić information content (AvgIpc) is 3.01. The molecule has 0 unspecified atom stereocenters. The van der Waals surface area contributed by atoms with Crippen LogP contribution in [0.2, 0.25) is 0 Å². The zero-order chi connectivity index (χ0) is 31.8. The fourth-order valence-corrected chi connectivity index (χ4v) is 6.57. The van der Waals surface area contributed by atoms with E-state index in [4.69, 9.17) is 0 Å². The summed E-state index contributed by atoms with van der Waals surface area (Å²) in [5, 5.41) is 31.1. The first kappa shape index (κ1) is 30.0. The van der Waals surface area contributed by atoms with Crippen LogP contribution in [0.15, 0.2) is 117 Å². The van der Waals surface area contributed by atoms with Gasteiger partial charge in [-0.05, 0) is 62.4 Å². The van der Waals surface area contributed by atoms with E-state index < -0.39 is 41.6 Å². The minimum atomic E-state index is -4.55. The predicted molar refractivity (Wildman–Crippen MR) is 160 cm³/mol. The summed E-state index contributed by atoms with van der Waals surface area (Å²) in [4.78, 5) is 20.9. The molecule has 0 saturated heterocycles. The van der Waals surface area contributed by atoms with Crippen molar-refractivity contribution in [1.82, 2.24) is 8.83 Å². The number of amidine groups is 2. The zero-order valence-electron chi connectivity index (χ0n) is 23.0. The number of hydrazone groups is 2. The molecule has 0 amide bonds. The fraction of sp³-hybridized carbons (Fsp3) is 0.0714. The van der Waals surface area contributed by atoms with E-state index >= 15 is 0 Å². The lowest BCUT2D eigenvalue weighted by molar-refractivity contribution is -0.385. The van der Waals surface area contributed by atoms with Crippen molar-refractivity contribution >= 4 is 43.1 Å². The largest absolute Gasteiger partial charge is 0.285 e. The monoisotopic (exact) mass is 634 g/mol. The molecule has 1 heterocycles. The second kappa shape index (κ2) is 11.3. The van der Waals surface area contributed by atoms with Gasteiger partial charge in [-0.15, -0.1) is 19.0 Å². The Hall–Kier alpha value is -5.48. The Morgan fingerprint density at radius 2 is 0.818 bits per heavy atom. The third-order valence-electron chi connectivity index (χ3n) is 6.50. The van der Waals surface area contributed by atoms with E-state index in [2.05, 4.69) is 10.2 Å². The standard InChI is InChI=1S/C28H22N6O8S2/c1-19-3-15-25(16-4-19)43(39,40)31-27(21-7-11-23(12-8-21)33(35)36)30-32(44(41,42)26-17-5-20(2)6-18-26)28(29-31)22-9-13-24(14-10-22)34(37)38/h3-18H,1-2H3. The molecule has 0 N–H and O–H groups in total. The first-order valence-corrected chi connectivity index (χ1v) is 15.6. The molecule has 0 spiro atoms. The summed E-state index contributed by atoms with van der Waals surface area (Å²) in [6.07, 6.45) is 0. The van der Waals surface area contributed by atoms with Gasteiger partial charge in [0.2, 0.25) is 0 Å². The van der Waals surface area contributed by atoms with Gasteiger partial charge in [-0.25, -0.2) is 0 Å². The van der Waals surface area contributed by atoms with Crippen LogP contribution in [0, 0.1) is 34.1 Å². The van der Waals surface area contributed by atoms with Crippen molar-refractivity contribution < 1.29 is 26.7 Å². The van der Waals surface area contributed by atoms with E-state index in [-0.39, 0.29) is 32.3 Å². The van der Waals surface area contributed by atoms with Crippen molar-refractivity contribution in [3.63, 3.8) is 0 Å². The SMILES string of the molecule is Cc1ccc(S(=O)(=O)N2N=C(c3ccc([N+](=O)[O-])cc3)N(S(=O)(=O)c3ccc(C)cc3)N=C2c2ccc([N+](=O)[O-])cc2)cc1. The number of sulfonamides is 2. The van der Waals surface area contributed by atoms with Crippen molar-refractivity contribution in [1.29, 1.82) is 0 Å². The number of nitrogens with zero attached hydrogens (tertiary/aromatic N) is 6. The highest BCUT2D eigenvalue weighted by Crippen LogP contribution is 2.30. The lowest BCUT2D eigenvalue weighted by Gasteiger charge is -2.31. The van der Waals surface area contributed by atoms with Crippen LogP contribution < -0.4 is 0 Å². The summed E-state index contributed by atoms with van der Waals surface area (Å²) in [5.41, 5.74) is 0.966. The molecule has 16 heteroatoms. The minimum Gasteiger partial charge on any atom is -0.258 e. The van der Waals surface area contributed by atoms with E-state index in [1.165, 1.54) is 48.5 Å². The van der Waals surface area contributed by atoms with Crippen molar-refractivity contribution in [2.24, 2.45) is 10.2 Å². The van der Waals surface area contributed by atoms with Crippen LogP contribution in [0.4, 0.5) is 11.4 Å². The van der Waals surface area contributed by atoms with Gasteiger partial charge in [0.25, 0.3) is 31.4 Å². The van der Waals surface area contributed by atoms with Gasteiger partial charge in [0.15, 0.2) is 11.7 Å². The topological polar surface area (TPSA) is 186 Å². The predicted octanol–water partition coefficient (Wildman–Crippen LogP) is 4.54. The van der Waals surface area contributed by atoms with Gasteiger partial charge in [0, 0.05) is 35.4 Å². The average molecular weight is 635 g/mol. The smallest absolute Gasteiger partial charge is 0.258 e. The third-order valence-corrected chi connectivity index (χ3v) is 9.65. The first-order valence-electron chi connectivity index (χ1n) is 12.7. The van der Waals surface area contributed by atoms with Crippen LogP contribution in [0.5, 0.6) is 0 Å². The number of nitro benzene ring substituents is 2. The van der Waals surface area contributed by atoms with Crippen LogP contribution in [-0.4, -0.2) is 47.2 Å². The van der Waals surface area contributed by atoms with Crippen LogP contribution in [-0.2, 0) is 20.0 Å². The molecule has 0 bridgehead atoms. The quantitative estimate of drug-likeness (QED) is 0.200. The van der Waals surface area contributed by atoms with Gasteiger partial charge in [-0.3, -0.25) is 20.2 Å². The lowest BCUT2D eigenvalue weighted by atomic mass is 10.2. The molecule has 224 valence electrons. The molecule has 14 nitrogen and oxygen atoms in total. The normalized spacial score (nSPS) is 13.7.